The van der Waals surface area contributed by atoms with Crippen molar-refractivity contribution in [3.8, 4) is 0 Å². The van der Waals surface area contributed by atoms with Crippen molar-refractivity contribution in [3.63, 3.8) is 0 Å². The van der Waals surface area contributed by atoms with Gasteiger partial charge in [-0.05, 0) is 45.3 Å². The Morgan fingerprint density at radius 1 is 0.818 bits per heavy atom. The van der Waals surface area contributed by atoms with Crippen LogP contribution in [0.5, 0.6) is 0 Å². The molecule has 1 aromatic carbocycles. The normalized spacial score (nSPS) is 11.5. The summed E-state index contributed by atoms with van der Waals surface area (Å²) < 4.78 is 0. The molecular weight excluding hydrogens is 276 g/mol. The molecule has 126 valence electrons. The number of rotatable bonds is 13. The van der Waals surface area contributed by atoms with Crippen LogP contribution in [0.3, 0.4) is 0 Å². The van der Waals surface area contributed by atoms with Gasteiger partial charge in [0.2, 0.25) is 10.9 Å². The van der Waals surface area contributed by atoms with E-state index in [2.05, 4.69) is 24.1 Å². The van der Waals surface area contributed by atoms with Crippen LogP contribution in [0, 0.1) is 0 Å². The molecule has 0 bridgehead atoms. The minimum atomic E-state index is -0.331. The molecule has 0 aliphatic rings. The average molecular weight is 308 g/mol. The van der Waals surface area contributed by atoms with E-state index in [0.29, 0.717) is 17.7 Å². The topological polar surface area (TPSA) is 49.4 Å². The Bertz CT molecular complexity index is 489. The number of unbranched alkanes of at least 4 members (excludes halogenated alkanes) is 3. The highest BCUT2D eigenvalue weighted by molar-refractivity contribution is 5.56. The van der Waals surface area contributed by atoms with Crippen molar-refractivity contribution in [3.05, 3.63) is 26.0 Å². The molecule has 4 heteroatoms. The predicted octanol–water partition coefficient (Wildman–Crippen LogP) is 2.94. The maximum Gasteiger partial charge on any atom is 0.249 e. The molecule has 0 heterocycles. The van der Waals surface area contributed by atoms with Crippen molar-refractivity contribution in [2.24, 2.45) is 0 Å². The van der Waals surface area contributed by atoms with Crippen LogP contribution in [0.2, 0.25) is 0 Å². The largest absolute Gasteiger partial charge is 0.381 e. The van der Waals surface area contributed by atoms with Gasteiger partial charge in [-0.3, -0.25) is 9.59 Å². The Balaban J connectivity index is 2.30. The fourth-order valence-electron chi connectivity index (χ4n) is 2.78. The van der Waals surface area contributed by atoms with Gasteiger partial charge < -0.3 is 10.2 Å². The van der Waals surface area contributed by atoms with Gasteiger partial charge in [-0.2, -0.15) is 0 Å². The zero-order valence-corrected chi connectivity index (χ0v) is 14.5. The molecule has 0 spiro atoms. The van der Waals surface area contributed by atoms with Crippen LogP contribution in [-0.2, 0) is 6.42 Å². The first-order chi connectivity index (χ1) is 10.7. The van der Waals surface area contributed by atoms with E-state index in [1.54, 1.807) is 0 Å². The second kappa shape index (κ2) is 10.5. The summed E-state index contributed by atoms with van der Waals surface area (Å²) in [4.78, 5) is 25.4. The lowest BCUT2D eigenvalue weighted by atomic mass is 10.0. The fourth-order valence-corrected chi connectivity index (χ4v) is 2.78. The molecule has 4 nitrogen and oxygen atoms in total. The Kier molecular flexibility index (Phi) is 9.05. The van der Waals surface area contributed by atoms with E-state index in [1.807, 2.05) is 6.92 Å². The Morgan fingerprint density at radius 2 is 1.45 bits per heavy atom. The van der Waals surface area contributed by atoms with Gasteiger partial charge in [0, 0.05) is 12.1 Å². The van der Waals surface area contributed by atoms with E-state index in [9.17, 15) is 9.59 Å². The number of hydrogen-bond donors (Lipinski definition) is 1. The highest BCUT2D eigenvalue weighted by Crippen LogP contribution is 2.08. The Labute approximate surface area is 134 Å². The molecule has 1 N–H and O–H groups in total. The molecule has 1 aromatic rings. The Hall–Kier alpha value is -1.16. The van der Waals surface area contributed by atoms with Gasteiger partial charge in [0.1, 0.15) is 0 Å². The molecule has 0 saturated carbocycles. The van der Waals surface area contributed by atoms with Crippen LogP contribution in [0.4, 0.5) is 5.69 Å². The molecule has 0 aromatic heterocycles. The van der Waals surface area contributed by atoms with Crippen LogP contribution in [0.15, 0.2) is 9.59 Å². The quantitative estimate of drug-likeness (QED) is 0.450. The first-order valence-electron chi connectivity index (χ1n) is 8.94. The van der Waals surface area contributed by atoms with Crippen molar-refractivity contribution in [1.29, 1.82) is 0 Å². The smallest absolute Gasteiger partial charge is 0.249 e. The fraction of sp³-hybridized carbons (Fsp3) is 0.778. The molecule has 0 radical (unpaired) electrons. The van der Waals surface area contributed by atoms with E-state index in [4.69, 9.17) is 0 Å². The number of hydrogen-bond acceptors (Lipinski definition) is 4. The van der Waals surface area contributed by atoms with Crippen molar-refractivity contribution < 1.29 is 0 Å². The predicted molar refractivity (Wildman–Crippen MR) is 94.7 cm³/mol. The van der Waals surface area contributed by atoms with E-state index < -0.39 is 0 Å². The van der Waals surface area contributed by atoms with Crippen LogP contribution in [-0.4, -0.2) is 31.1 Å². The average Bonchev–Trinajstić information content (AvgIpc) is 2.54. The molecule has 0 fully saturated rings. The van der Waals surface area contributed by atoms with Gasteiger partial charge in [0.05, 0.1) is 5.69 Å². The molecule has 1 rings (SSSR count). The molecular formula is C18H32N2O2. The van der Waals surface area contributed by atoms with Gasteiger partial charge in [0.25, 0.3) is 0 Å². The highest BCUT2D eigenvalue weighted by Gasteiger charge is 2.18. The lowest BCUT2D eigenvalue weighted by molar-refractivity contribution is 0.263. The van der Waals surface area contributed by atoms with Crippen molar-refractivity contribution >= 4 is 5.69 Å². The maximum absolute atomic E-state index is 11.5. The van der Waals surface area contributed by atoms with Gasteiger partial charge in [0.15, 0.2) is 0 Å². The molecule has 0 amide bonds. The van der Waals surface area contributed by atoms with Crippen molar-refractivity contribution in [2.75, 3.05) is 31.5 Å². The van der Waals surface area contributed by atoms with Crippen LogP contribution >= 0.6 is 0 Å². The minimum Gasteiger partial charge on any atom is -0.381 e. The summed E-state index contributed by atoms with van der Waals surface area (Å²) in [6.07, 6.45) is 7.96. The Morgan fingerprint density at radius 3 is 2.09 bits per heavy atom. The third-order valence-electron chi connectivity index (χ3n) is 4.22. The molecule has 22 heavy (non-hydrogen) atoms. The zero-order chi connectivity index (χ0) is 16.4. The standard InChI is InChI=1S/C18H32N2O2/c1-4-7-9-13-20(12-8-5-2)14-10-11-19-16-15(6-3)17(21)18(16)22/h19H,4-14H2,1-3H3. The third-order valence-corrected chi connectivity index (χ3v) is 4.22. The molecule has 0 atom stereocenters. The summed E-state index contributed by atoms with van der Waals surface area (Å²) in [5.74, 6) is 0. The molecule has 0 saturated heterocycles. The van der Waals surface area contributed by atoms with Crippen LogP contribution in [0.25, 0.3) is 0 Å². The summed E-state index contributed by atoms with van der Waals surface area (Å²) in [7, 11) is 0. The monoisotopic (exact) mass is 308 g/mol. The zero-order valence-electron chi connectivity index (χ0n) is 14.5. The molecule has 0 unspecified atom stereocenters. The molecule has 0 aliphatic heterocycles. The van der Waals surface area contributed by atoms with Gasteiger partial charge in [-0.1, -0.05) is 40.0 Å². The first-order valence-corrected chi connectivity index (χ1v) is 8.94. The summed E-state index contributed by atoms with van der Waals surface area (Å²) in [5.41, 5.74) is 0.617. The highest BCUT2D eigenvalue weighted by atomic mass is 16.2. The van der Waals surface area contributed by atoms with Crippen LogP contribution in [0.1, 0.15) is 64.9 Å². The van der Waals surface area contributed by atoms with Gasteiger partial charge in [-0.15, -0.1) is 0 Å². The number of nitrogens with one attached hydrogen (secondary N) is 1. The van der Waals surface area contributed by atoms with Gasteiger partial charge in [-0.25, -0.2) is 0 Å². The lowest BCUT2D eigenvalue weighted by Gasteiger charge is -2.22. The van der Waals surface area contributed by atoms with Gasteiger partial charge >= 0.3 is 0 Å². The number of nitrogens with zero attached hydrogens (tertiary/aromatic N) is 1. The van der Waals surface area contributed by atoms with Crippen LogP contribution < -0.4 is 16.2 Å². The number of anilines is 1. The van der Waals surface area contributed by atoms with E-state index in [-0.39, 0.29) is 10.9 Å². The SMILES string of the molecule is CCCCCN(CCCC)CCCNc1c(CC)c(=O)c1=O. The molecule has 0 aliphatic carbocycles. The van der Waals surface area contributed by atoms with E-state index in [1.165, 1.54) is 45.2 Å². The third kappa shape index (κ3) is 5.56. The summed E-state index contributed by atoms with van der Waals surface area (Å²) in [6.45, 7) is 10.6. The maximum atomic E-state index is 11.5. The van der Waals surface area contributed by atoms with Crippen molar-refractivity contribution in [1.82, 2.24) is 4.90 Å². The lowest BCUT2D eigenvalue weighted by Crippen LogP contribution is -2.38. The summed E-state index contributed by atoms with van der Waals surface area (Å²) in [5, 5.41) is 3.16. The van der Waals surface area contributed by atoms with Crippen molar-refractivity contribution in [2.45, 2.75) is 65.7 Å². The summed E-state index contributed by atoms with van der Waals surface area (Å²) >= 11 is 0. The second-order valence-corrected chi connectivity index (χ2v) is 6.05. The van der Waals surface area contributed by atoms with E-state index >= 15 is 0 Å². The minimum absolute atomic E-state index is 0.297. The first kappa shape index (κ1) is 18.9. The van der Waals surface area contributed by atoms with E-state index in [0.717, 1.165) is 19.5 Å². The summed E-state index contributed by atoms with van der Waals surface area (Å²) in [6, 6.07) is 0. The second-order valence-electron chi connectivity index (χ2n) is 6.05.